The van der Waals surface area contributed by atoms with E-state index < -0.39 is 0 Å². The largest absolute Gasteiger partial charge is 0.353 e. The second-order valence-corrected chi connectivity index (χ2v) is 2.94. The van der Waals surface area contributed by atoms with E-state index in [1.165, 1.54) is 0 Å². The maximum atomic E-state index is 10.9. The van der Waals surface area contributed by atoms with E-state index in [1.54, 1.807) is 19.1 Å². The zero-order chi connectivity index (χ0) is 11.7. The fourth-order valence-corrected chi connectivity index (χ4v) is 0.850. The first-order chi connectivity index (χ1) is 7.10. The number of hydrogen-bond acceptors (Lipinski definition) is 4. The molecule has 1 atom stereocenters. The van der Waals surface area contributed by atoms with Crippen LogP contribution in [-0.2, 0) is 9.59 Å². The molecule has 0 aliphatic heterocycles. The van der Waals surface area contributed by atoms with Crippen molar-refractivity contribution in [2.45, 2.75) is 25.8 Å². The number of nitrogens with one attached hydrogen (secondary N) is 2. The standard InChI is InChI=1S/C9H12N4O2/c1-7(13-9(15)3-5-11)6-12-8(14)2-4-10/h7H,2-3,6H2,1H3,(H,12,14)(H,13,15). The second-order valence-electron chi connectivity index (χ2n) is 2.94. The minimum absolute atomic E-state index is 0.196. The molecule has 0 aromatic carbocycles. The molecule has 6 heteroatoms. The Balaban J connectivity index is 3.72. The van der Waals surface area contributed by atoms with Gasteiger partial charge in [0.25, 0.3) is 0 Å². The maximum Gasteiger partial charge on any atom is 0.234 e. The summed E-state index contributed by atoms with van der Waals surface area (Å²) in [5, 5.41) is 21.4. The predicted octanol–water partition coefficient (Wildman–Crippen LogP) is -0.565. The van der Waals surface area contributed by atoms with Crippen molar-refractivity contribution in [2.75, 3.05) is 6.54 Å². The molecule has 80 valence electrons. The Morgan fingerprint density at radius 3 is 2.27 bits per heavy atom. The molecule has 0 aromatic heterocycles. The van der Waals surface area contributed by atoms with Gasteiger partial charge in [-0.3, -0.25) is 9.59 Å². The van der Waals surface area contributed by atoms with E-state index in [-0.39, 0.29) is 37.2 Å². The molecule has 0 fully saturated rings. The number of nitrogens with zero attached hydrogens (tertiary/aromatic N) is 2. The molecule has 2 N–H and O–H groups in total. The predicted molar refractivity (Wildman–Crippen MR) is 51.1 cm³/mol. The first kappa shape index (κ1) is 12.9. The zero-order valence-electron chi connectivity index (χ0n) is 8.41. The average Bonchev–Trinajstić information content (AvgIpc) is 2.15. The van der Waals surface area contributed by atoms with Crippen molar-refractivity contribution in [3.63, 3.8) is 0 Å². The lowest BCUT2D eigenvalue weighted by Gasteiger charge is -2.12. The molecule has 6 nitrogen and oxygen atoms in total. The molecule has 0 aromatic rings. The first-order valence-corrected chi connectivity index (χ1v) is 4.40. The molecular formula is C9H12N4O2. The van der Waals surface area contributed by atoms with Crippen molar-refractivity contribution < 1.29 is 9.59 Å². The number of hydrogen-bond donors (Lipinski definition) is 2. The molecule has 0 bridgehead atoms. The van der Waals surface area contributed by atoms with Crippen LogP contribution in [0, 0.1) is 22.7 Å². The van der Waals surface area contributed by atoms with E-state index >= 15 is 0 Å². The van der Waals surface area contributed by atoms with Crippen LogP contribution in [0.25, 0.3) is 0 Å². The lowest BCUT2D eigenvalue weighted by Crippen LogP contribution is -2.41. The monoisotopic (exact) mass is 208 g/mol. The number of nitriles is 2. The van der Waals surface area contributed by atoms with Crippen LogP contribution in [0.5, 0.6) is 0 Å². The van der Waals surface area contributed by atoms with Gasteiger partial charge in [-0.25, -0.2) is 0 Å². The number of carbonyl (C=O) groups is 2. The highest BCUT2D eigenvalue weighted by Crippen LogP contribution is 1.84. The second kappa shape index (κ2) is 7.34. The molecule has 2 amide bonds. The molecule has 0 aliphatic rings. The fourth-order valence-electron chi connectivity index (χ4n) is 0.850. The molecular weight excluding hydrogens is 196 g/mol. The van der Waals surface area contributed by atoms with Crippen molar-refractivity contribution in [3.05, 3.63) is 0 Å². The van der Waals surface area contributed by atoms with Crippen LogP contribution in [0.4, 0.5) is 0 Å². The molecule has 0 heterocycles. The molecule has 0 saturated heterocycles. The lowest BCUT2D eigenvalue weighted by atomic mass is 10.3. The normalized spacial score (nSPS) is 10.6. The van der Waals surface area contributed by atoms with E-state index in [1.807, 2.05) is 0 Å². The van der Waals surface area contributed by atoms with Gasteiger partial charge in [0.1, 0.15) is 12.8 Å². The Kier molecular flexibility index (Phi) is 6.32. The summed E-state index contributed by atoms with van der Waals surface area (Å²) in [6.45, 7) is 1.94. The van der Waals surface area contributed by atoms with Gasteiger partial charge in [0, 0.05) is 12.6 Å². The minimum atomic E-state index is -0.376. The number of carbonyl (C=O) groups excluding carboxylic acids is 2. The van der Waals surface area contributed by atoms with Gasteiger partial charge in [0.05, 0.1) is 12.1 Å². The van der Waals surface area contributed by atoms with Gasteiger partial charge in [-0.2, -0.15) is 10.5 Å². The molecule has 0 radical (unpaired) electrons. The summed E-state index contributed by atoms with van der Waals surface area (Å²) in [6, 6.07) is 3.17. The third kappa shape index (κ3) is 7.03. The van der Waals surface area contributed by atoms with Crippen LogP contribution in [0.1, 0.15) is 19.8 Å². The van der Waals surface area contributed by atoms with Gasteiger partial charge in [-0.15, -0.1) is 0 Å². The van der Waals surface area contributed by atoms with Crippen molar-refractivity contribution in [2.24, 2.45) is 0 Å². The highest BCUT2D eigenvalue weighted by Gasteiger charge is 2.07. The molecule has 1 unspecified atom stereocenters. The van der Waals surface area contributed by atoms with Crippen LogP contribution in [0.2, 0.25) is 0 Å². The SMILES string of the molecule is CC(CNC(=O)CC#N)NC(=O)CC#N. The van der Waals surface area contributed by atoms with Crippen LogP contribution in [0.15, 0.2) is 0 Å². The maximum absolute atomic E-state index is 10.9. The zero-order valence-corrected chi connectivity index (χ0v) is 8.41. The van der Waals surface area contributed by atoms with Gasteiger partial charge < -0.3 is 10.6 Å². The summed E-state index contributed by atoms with van der Waals surface area (Å²) >= 11 is 0. The summed E-state index contributed by atoms with van der Waals surface area (Å²) in [5.41, 5.74) is 0. The van der Waals surface area contributed by atoms with Crippen LogP contribution in [0.3, 0.4) is 0 Å². The van der Waals surface area contributed by atoms with Gasteiger partial charge in [-0.1, -0.05) is 0 Å². The summed E-state index contributed by atoms with van der Waals surface area (Å²) in [7, 11) is 0. The Morgan fingerprint density at radius 1 is 1.20 bits per heavy atom. The van der Waals surface area contributed by atoms with Crippen LogP contribution < -0.4 is 10.6 Å². The Morgan fingerprint density at radius 2 is 1.73 bits per heavy atom. The van der Waals surface area contributed by atoms with E-state index in [9.17, 15) is 9.59 Å². The Bertz CT molecular complexity index is 313. The van der Waals surface area contributed by atoms with E-state index in [4.69, 9.17) is 10.5 Å². The lowest BCUT2D eigenvalue weighted by molar-refractivity contribution is -0.122. The number of rotatable bonds is 5. The third-order valence-electron chi connectivity index (χ3n) is 1.49. The van der Waals surface area contributed by atoms with E-state index in [2.05, 4.69) is 10.6 Å². The quantitative estimate of drug-likeness (QED) is 0.631. The minimum Gasteiger partial charge on any atom is -0.353 e. The van der Waals surface area contributed by atoms with E-state index in [0.29, 0.717) is 0 Å². The first-order valence-electron chi connectivity index (χ1n) is 4.40. The fraction of sp³-hybridized carbons (Fsp3) is 0.556. The number of amides is 2. The van der Waals surface area contributed by atoms with Crippen molar-refractivity contribution in [1.82, 2.24) is 10.6 Å². The Labute approximate surface area is 87.9 Å². The Hall–Kier alpha value is -2.08. The molecule has 0 spiro atoms. The highest BCUT2D eigenvalue weighted by molar-refractivity contribution is 5.79. The van der Waals surface area contributed by atoms with Gasteiger partial charge in [-0.05, 0) is 6.92 Å². The molecule has 15 heavy (non-hydrogen) atoms. The summed E-state index contributed by atoms with van der Waals surface area (Å²) in [4.78, 5) is 21.8. The molecule has 0 rings (SSSR count). The smallest absolute Gasteiger partial charge is 0.234 e. The van der Waals surface area contributed by atoms with Gasteiger partial charge in [0.15, 0.2) is 0 Å². The third-order valence-corrected chi connectivity index (χ3v) is 1.49. The van der Waals surface area contributed by atoms with Crippen LogP contribution in [-0.4, -0.2) is 24.4 Å². The van der Waals surface area contributed by atoms with Gasteiger partial charge >= 0.3 is 0 Å². The average molecular weight is 208 g/mol. The van der Waals surface area contributed by atoms with Gasteiger partial charge in [0.2, 0.25) is 11.8 Å². The molecule has 0 saturated carbocycles. The van der Waals surface area contributed by atoms with E-state index in [0.717, 1.165) is 0 Å². The summed E-state index contributed by atoms with van der Waals surface area (Å²) in [5.74, 6) is -0.751. The summed E-state index contributed by atoms with van der Waals surface area (Å²) in [6.07, 6.45) is -0.394. The summed E-state index contributed by atoms with van der Waals surface area (Å²) < 4.78 is 0. The topological polar surface area (TPSA) is 106 Å². The van der Waals surface area contributed by atoms with Crippen LogP contribution >= 0.6 is 0 Å². The van der Waals surface area contributed by atoms with Crippen molar-refractivity contribution in [1.29, 1.82) is 10.5 Å². The highest BCUT2D eigenvalue weighted by atomic mass is 16.2. The van der Waals surface area contributed by atoms with Crippen molar-refractivity contribution >= 4 is 11.8 Å². The van der Waals surface area contributed by atoms with Crippen molar-refractivity contribution in [3.8, 4) is 12.1 Å². The molecule has 0 aliphatic carbocycles.